The van der Waals surface area contributed by atoms with Crippen molar-refractivity contribution < 1.29 is 47.8 Å². The molecule has 91 heavy (non-hydrogen) atoms. The Kier molecular flexibility index (Phi) is 17.7. The Morgan fingerprint density at radius 1 is 0.560 bits per heavy atom. The summed E-state index contributed by atoms with van der Waals surface area (Å²) in [4.78, 5) is 117. The molecule has 488 valence electrons. The molecule has 0 bridgehead atoms. The van der Waals surface area contributed by atoms with E-state index < -0.39 is 46.9 Å². The molecule has 22 nitrogen and oxygen atoms in total. The second-order valence-electron chi connectivity index (χ2n) is 28.8. The Labute approximate surface area is 533 Å². The summed E-state index contributed by atoms with van der Waals surface area (Å²) in [6.07, 6.45) is 16.4. The van der Waals surface area contributed by atoms with Crippen molar-refractivity contribution in [3.05, 3.63) is 95.6 Å². The second-order valence-corrected chi connectivity index (χ2v) is 28.8. The summed E-state index contributed by atoms with van der Waals surface area (Å²) in [5.74, 6) is -1.44. The predicted octanol–water partition coefficient (Wildman–Crippen LogP) is 8.09. The molecule has 2 aromatic carbocycles. The van der Waals surface area contributed by atoms with Gasteiger partial charge in [-0.1, -0.05) is 63.8 Å². The quantitative estimate of drug-likeness (QED) is 0.0389. The van der Waals surface area contributed by atoms with E-state index in [0.717, 1.165) is 89.9 Å². The molecule has 2 aliphatic heterocycles. The highest BCUT2D eigenvalue weighted by molar-refractivity contribution is 6.02. The summed E-state index contributed by atoms with van der Waals surface area (Å²) in [6, 6.07) is 15.9. The Bertz CT molecular complexity index is 3420. The molecule has 8 unspecified atom stereocenters. The van der Waals surface area contributed by atoms with Crippen LogP contribution < -0.4 is 31.9 Å². The Hall–Kier alpha value is -7.78. The number of hydrogen-bond acceptors (Lipinski definition) is 12. The highest BCUT2D eigenvalue weighted by atomic mass is 16.5. The maximum absolute atomic E-state index is 15.2. The largest absolute Gasteiger partial charge is 0.453 e. The number of methoxy groups -OCH3 is 2. The Balaban J connectivity index is 0.780. The third-order valence-corrected chi connectivity index (χ3v) is 23.1. The smallest absolute Gasteiger partial charge is 0.409 e. The fourth-order valence-electron chi connectivity index (χ4n) is 16.1. The summed E-state index contributed by atoms with van der Waals surface area (Å²) in [5, 5.41) is 28.4. The van der Waals surface area contributed by atoms with Crippen LogP contribution >= 0.6 is 0 Å². The third-order valence-electron chi connectivity index (χ3n) is 23.1. The number of aromatic nitrogens is 4. The first-order valence-corrected chi connectivity index (χ1v) is 33.4. The van der Waals surface area contributed by atoms with Crippen LogP contribution in [0.25, 0.3) is 0 Å². The molecule has 8 aliphatic rings. The zero-order valence-electron chi connectivity index (χ0n) is 53.9. The standard InChI is InChI=1S/C69H92N12O10/c1-41(43-11-8-12-43)72-62(86)68(31-35-79(39-68)64(88)90-6)47-20-22-49(23-21-47)74-61(85)57(77-58(82)52-25-33-70-78(52)5)55(67(4)29-30-67)51-24-19-46(51)38-81-53(26-34-71-81)59(83)76-56(54(45-13-9-14-45)66(3)27-28-66)60(84)75-50-16-10-15-48(37-50)69(32-36-80(40-69)65(89)91-7)63(87)73-42(2)44-17-18-44/h10,15-16,20-23,25-26,33-34,37,41-46,51,54-57H,8-9,11-14,17-19,24,27-32,35-36,38-40H2,1-7H3,(H,72,86)(H,73,87)(H,74,85)(H,75,84)(H,76,83)(H,77,82)/t41?,42?,46?,51?,54?,55?,56-,57-,68?,69?/m0/s1. The maximum Gasteiger partial charge on any atom is 0.409 e. The number of rotatable bonds is 24. The molecule has 0 spiro atoms. The van der Waals surface area contributed by atoms with Gasteiger partial charge in [0.15, 0.2) is 0 Å². The molecule has 22 heteroatoms. The monoisotopic (exact) mass is 1250 g/mol. The van der Waals surface area contributed by atoms with Gasteiger partial charge in [0.1, 0.15) is 23.5 Å². The maximum atomic E-state index is 15.2. The number of amides is 8. The van der Waals surface area contributed by atoms with Crippen molar-refractivity contribution in [1.82, 2.24) is 50.6 Å². The summed E-state index contributed by atoms with van der Waals surface area (Å²) in [5.41, 5.74) is 0.361. The van der Waals surface area contributed by atoms with Gasteiger partial charge in [0.25, 0.3) is 11.8 Å². The van der Waals surface area contributed by atoms with Crippen molar-refractivity contribution in [2.75, 3.05) is 51.0 Å². The molecule has 6 N–H and O–H groups in total. The molecule has 10 atom stereocenters. The van der Waals surface area contributed by atoms with Crippen LogP contribution in [0.3, 0.4) is 0 Å². The van der Waals surface area contributed by atoms with Gasteiger partial charge in [0, 0.05) is 75.6 Å². The van der Waals surface area contributed by atoms with E-state index in [2.05, 4.69) is 50.8 Å². The van der Waals surface area contributed by atoms with E-state index in [0.29, 0.717) is 78.2 Å². The van der Waals surface area contributed by atoms with Crippen molar-refractivity contribution in [2.45, 2.75) is 172 Å². The topological polar surface area (TPSA) is 269 Å². The first-order valence-electron chi connectivity index (χ1n) is 33.4. The van der Waals surface area contributed by atoms with Crippen molar-refractivity contribution in [3.63, 3.8) is 0 Å². The molecular weight excluding hydrogens is 1160 g/mol. The van der Waals surface area contributed by atoms with Crippen molar-refractivity contribution in [2.24, 2.45) is 59.3 Å². The summed E-state index contributed by atoms with van der Waals surface area (Å²) in [7, 11) is 4.35. The van der Waals surface area contributed by atoms with E-state index in [4.69, 9.17) is 14.6 Å². The number of nitrogens with zero attached hydrogens (tertiary/aromatic N) is 6. The lowest BCUT2D eigenvalue weighted by Gasteiger charge is -2.47. The van der Waals surface area contributed by atoms with Crippen LogP contribution in [0.2, 0.25) is 0 Å². The van der Waals surface area contributed by atoms with Crippen molar-refractivity contribution >= 4 is 59.0 Å². The first-order chi connectivity index (χ1) is 43.7. The molecule has 6 saturated carbocycles. The number of benzene rings is 2. The van der Waals surface area contributed by atoms with Crippen LogP contribution in [0.5, 0.6) is 0 Å². The van der Waals surface area contributed by atoms with Crippen molar-refractivity contribution in [1.29, 1.82) is 0 Å². The highest BCUT2D eigenvalue weighted by Crippen LogP contribution is 2.61. The lowest BCUT2D eigenvalue weighted by molar-refractivity contribution is -0.128. The highest BCUT2D eigenvalue weighted by Gasteiger charge is 2.58. The summed E-state index contributed by atoms with van der Waals surface area (Å²) >= 11 is 0. The van der Waals surface area contributed by atoms with Gasteiger partial charge >= 0.3 is 12.2 Å². The minimum absolute atomic E-state index is 0.0231. The SMILES string of the molecule is COC(=O)N1CCC(C(=O)NC(C)C2CCC2)(c2ccc(NC(=O)[C@@H](NC(=O)c3ccnn3C)C(C3CCC3Cn3nccc3C(=O)N[C@H](C(=O)Nc3cccc(C4(C(=O)NC(C)C5CC5)CCN(C(=O)OC)C4)c3)C(C3CCC3)C3(C)CC3)C3(C)CC3)cc2)C1. The molecule has 0 radical (unpaired) electrons. The van der Waals surface area contributed by atoms with Gasteiger partial charge in [-0.05, 0) is 191 Å². The van der Waals surface area contributed by atoms with Crippen LogP contribution in [0.15, 0.2) is 73.1 Å². The van der Waals surface area contributed by atoms with Crippen LogP contribution in [0.4, 0.5) is 21.0 Å². The molecule has 2 saturated heterocycles. The predicted molar refractivity (Wildman–Crippen MR) is 339 cm³/mol. The zero-order valence-corrected chi connectivity index (χ0v) is 53.9. The lowest BCUT2D eigenvalue weighted by Crippen LogP contribution is -2.56. The van der Waals surface area contributed by atoms with E-state index in [1.54, 1.807) is 64.3 Å². The average Bonchev–Trinajstić information content (AvgIpc) is 1.66. The summed E-state index contributed by atoms with van der Waals surface area (Å²) < 4.78 is 13.4. The molecule has 12 rings (SSSR count). The van der Waals surface area contributed by atoms with Crippen molar-refractivity contribution in [3.8, 4) is 0 Å². The number of nitrogens with one attached hydrogen (secondary N) is 6. The zero-order chi connectivity index (χ0) is 64.1. The van der Waals surface area contributed by atoms with Gasteiger partial charge in [-0.2, -0.15) is 10.2 Å². The average molecular weight is 1250 g/mol. The molecule has 4 aromatic rings. The normalized spacial score (nSPS) is 25.7. The van der Waals surface area contributed by atoms with E-state index in [1.807, 2.05) is 44.2 Å². The molecule has 6 aliphatic carbocycles. The molecule has 8 fully saturated rings. The van der Waals surface area contributed by atoms with E-state index in [1.165, 1.54) is 18.9 Å². The van der Waals surface area contributed by atoms with Crippen LogP contribution in [-0.4, -0.2) is 142 Å². The van der Waals surface area contributed by atoms with E-state index in [-0.39, 0.29) is 89.2 Å². The number of hydrogen-bond donors (Lipinski definition) is 6. The van der Waals surface area contributed by atoms with Crippen LogP contribution in [0.1, 0.15) is 163 Å². The summed E-state index contributed by atoms with van der Waals surface area (Å²) in [6.45, 7) is 9.76. The van der Waals surface area contributed by atoms with Gasteiger partial charge in [-0.15, -0.1) is 0 Å². The Morgan fingerprint density at radius 2 is 1.08 bits per heavy atom. The van der Waals surface area contributed by atoms with Gasteiger partial charge in [0.2, 0.25) is 23.6 Å². The Morgan fingerprint density at radius 3 is 1.58 bits per heavy atom. The van der Waals surface area contributed by atoms with Gasteiger partial charge in [0.05, 0.1) is 25.0 Å². The first kappa shape index (κ1) is 63.4. The molecule has 4 heterocycles. The third kappa shape index (κ3) is 12.7. The number of carbonyl (C=O) groups excluding carboxylic acids is 8. The number of aryl methyl sites for hydroxylation is 1. The fourth-order valence-corrected chi connectivity index (χ4v) is 16.1. The molecule has 2 aromatic heterocycles. The van der Waals surface area contributed by atoms with Crippen LogP contribution in [-0.2, 0) is 53.1 Å². The number of carbonyl (C=O) groups is 8. The molecular formula is C69H92N12O10. The van der Waals surface area contributed by atoms with E-state index >= 15 is 14.4 Å². The number of ether oxygens (including phenoxy) is 2. The lowest BCUT2D eigenvalue weighted by atomic mass is 9.60. The van der Waals surface area contributed by atoms with E-state index in [9.17, 15) is 24.0 Å². The minimum Gasteiger partial charge on any atom is -0.453 e. The van der Waals surface area contributed by atoms with Crippen LogP contribution in [0, 0.1) is 52.3 Å². The van der Waals surface area contributed by atoms with Gasteiger partial charge in [-0.3, -0.25) is 38.1 Å². The van der Waals surface area contributed by atoms with Gasteiger partial charge < -0.3 is 51.2 Å². The second kappa shape index (κ2) is 25.4. The fraction of sp³-hybridized carbons (Fsp3) is 0.623. The molecule has 8 amide bonds. The minimum atomic E-state index is -1.08. The number of anilines is 2. The van der Waals surface area contributed by atoms with Gasteiger partial charge in [-0.25, -0.2) is 9.59 Å². The number of likely N-dealkylation sites (tertiary alicyclic amines) is 2.